The molecule has 0 aromatic carbocycles. The van der Waals surface area contributed by atoms with Crippen LogP contribution in [0.25, 0.3) is 0 Å². The first-order valence-corrected chi connectivity index (χ1v) is 7.25. The van der Waals surface area contributed by atoms with Crippen LogP contribution in [0, 0.1) is 0 Å². The minimum Gasteiger partial charge on any atom is -0.453 e. The molecule has 0 aliphatic carbocycles. The second kappa shape index (κ2) is 6.46. The van der Waals surface area contributed by atoms with Gasteiger partial charge in [0.05, 0.1) is 0 Å². The monoisotopic (exact) mass is 338 g/mol. The van der Waals surface area contributed by atoms with Crippen molar-refractivity contribution >= 4 is 17.6 Å². The summed E-state index contributed by atoms with van der Waals surface area (Å²) in [5, 5.41) is 13.3. The molecule has 1 amide bonds. The van der Waals surface area contributed by atoms with Gasteiger partial charge in [-0.05, 0) is 33.6 Å². The Kier molecular flexibility index (Phi) is 5.45. The van der Waals surface area contributed by atoms with Crippen molar-refractivity contribution in [2.24, 2.45) is 5.10 Å². The first-order chi connectivity index (χ1) is 10.3. The average molecular weight is 338 g/mol. The van der Waals surface area contributed by atoms with Crippen LogP contribution < -0.4 is 0 Å². The Balaban J connectivity index is 3.08. The van der Waals surface area contributed by atoms with Gasteiger partial charge in [0.15, 0.2) is 0 Å². The lowest BCUT2D eigenvalue weighted by atomic mass is 10.0. The van der Waals surface area contributed by atoms with Gasteiger partial charge >= 0.3 is 18.1 Å². The molecule has 1 aliphatic rings. The Labute approximate surface area is 132 Å². The predicted molar refractivity (Wildman–Crippen MR) is 75.3 cm³/mol. The van der Waals surface area contributed by atoms with Gasteiger partial charge < -0.3 is 9.84 Å². The summed E-state index contributed by atoms with van der Waals surface area (Å²) in [6.45, 7) is 6.24. The van der Waals surface area contributed by atoms with Crippen LogP contribution in [-0.4, -0.2) is 45.2 Å². The lowest BCUT2D eigenvalue weighted by Crippen LogP contribution is -2.58. The fraction of sp³-hybridized carbons (Fsp3) is 0.786. The summed E-state index contributed by atoms with van der Waals surface area (Å²) >= 11 is 0. The second-order valence-electron chi connectivity index (χ2n) is 6.38. The smallest absolute Gasteiger partial charge is 0.438 e. The van der Waals surface area contributed by atoms with Crippen molar-refractivity contribution in [1.82, 2.24) is 5.01 Å². The average Bonchev–Trinajstić information content (AvgIpc) is 2.71. The van der Waals surface area contributed by atoms with E-state index in [1.165, 1.54) is 20.8 Å². The van der Waals surface area contributed by atoms with Gasteiger partial charge in [-0.15, -0.1) is 0 Å². The number of rotatable bonds is 3. The zero-order valence-corrected chi connectivity index (χ0v) is 13.5. The molecule has 0 aromatic rings. The van der Waals surface area contributed by atoms with Gasteiger partial charge in [0.2, 0.25) is 0 Å². The minimum atomic E-state index is -5.15. The largest absolute Gasteiger partial charge is 0.453 e. The number of amides is 1. The Hall–Kier alpha value is -1.64. The number of aliphatic hydroxyl groups is 1. The van der Waals surface area contributed by atoms with E-state index in [1.807, 2.05) is 6.92 Å². The molecule has 1 rings (SSSR count). The molecule has 0 fully saturated rings. The van der Waals surface area contributed by atoms with Crippen molar-refractivity contribution < 1.29 is 32.6 Å². The van der Waals surface area contributed by atoms with Crippen LogP contribution in [0.5, 0.6) is 0 Å². The number of ether oxygens (including phenoxy) is 1. The third-order valence-electron chi connectivity index (χ3n) is 3.08. The number of unbranched alkanes of at least 4 members (excludes halogenated alkanes) is 1. The number of hydrogen-bond acceptors (Lipinski definition) is 5. The van der Waals surface area contributed by atoms with Gasteiger partial charge in [-0.25, -0.2) is 4.79 Å². The van der Waals surface area contributed by atoms with Crippen molar-refractivity contribution in [3.63, 3.8) is 0 Å². The van der Waals surface area contributed by atoms with E-state index in [0.717, 1.165) is 0 Å². The number of carbonyl (C=O) groups excluding carboxylic acids is 2. The Morgan fingerprint density at radius 2 is 1.91 bits per heavy atom. The predicted octanol–water partition coefficient (Wildman–Crippen LogP) is 2.36. The molecule has 23 heavy (non-hydrogen) atoms. The van der Waals surface area contributed by atoms with Crippen LogP contribution in [0.3, 0.4) is 0 Å². The van der Waals surface area contributed by atoms with E-state index in [-0.39, 0.29) is 17.1 Å². The summed E-state index contributed by atoms with van der Waals surface area (Å²) in [4.78, 5) is 23.7. The first kappa shape index (κ1) is 19.4. The van der Waals surface area contributed by atoms with E-state index in [9.17, 15) is 27.9 Å². The standard InChI is InChI=1S/C14H21F3N2O4/c1-5-6-7-9-8-13(22,14(15,16)17)19(18-9)10(20)11(21)23-12(2,3)4/h22H,5-8H2,1-4H3. The number of alkyl halides is 3. The Bertz CT molecular complexity index is 511. The third kappa shape index (κ3) is 4.43. The molecule has 0 saturated heterocycles. The molecule has 1 heterocycles. The number of hydrogen-bond donors (Lipinski definition) is 1. The summed E-state index contributed by atoms with van der Waals surface area (Å²) in [6, 6.07) is 0. The van der Waals surface area contributed by atoms with Gasteiger partial charge in [-0.3, -0.25) is 4.79 Å². The molecule has 0 radical (unpaired) electrons. The second-order valence-corrected chi connectivity index (χ2v) is 6.38. The van der Waals surface area contributed by atoms with Gasteiger partial charge in [0.1, 0.15) is 5.60 Å². The van der Waals surface area contributed by atoms with Gasteiger partial charge in [0.25, 0.3) is 5.72 Å². The Morgan fingerprint density at radius 3 is 2.35 bits per heavy atom. The molecule has 1 atom stereocenters. The Morgan fingerprint density at radius 1 is 1.35 bits per heavy atom. The third-order valence-corrected chi connectivity index (χ3v) is 3.08. The van der Waals surface area contributed by atoms with Gasteiger partial charge in [-0.2, -0.15) is 23.3 Å². The van der Waals surface area contributed by atoms with Crippen molar-refractivity contribution in [1.29, 1.82) is 0 Å². The molecule has 1 aliphatic heterocycles. The maximum atomic E-state index is 13.2. The fourth-order valence-corrected chi connectivity index (χ4v) is 1.98. The highest BCUT2D eigenvalue weighted by molar-refractivity contribution is 6.32. The normalized spacial score (nSPS) is 22.1. The molecular formula is C14H21F3N2O4. The van der Waals surface area contributed by atoms with Gasteiger partial charge in [0, 0.05) is 12.1 Å². The SMILES string of the molecule is CCCCC1=NN(C(=O)C(=O)OC(C)(C)C)C(O)(C(F)(F)F)C1. The highest BCUT2D eigenvalue weighted by atomic mass is 19.4. The number of carbonyl (C=O) groups is 2. The lowest BCUT2D eigenvalue weighted by molar-refractivity contribution is -0.302. The van der Waals surface area contributed by atoms with Gasteiger partial charge in [-0.1, -0.05) is 13.3 Å². The molecule has 6 nitrogen and oxygen atoms in total. The number of halogens is 3. The first-order valence-electron chi connectivity index (χ1n) is 7.25. The molecule has 0 bridgehead atoms. The van der Waals surface area contributed by atoms with E-state index in [4.69, 9.17) is 4.74 Å². The maximum absolute atomic E-state index is 13.2. The van der Waals surface area contributed by atoms with E-state index in [1.54, 1.807) is 0 Å². The molecule has 9 heteroatoms. The maximum Gasteiger partial charge on any atom is 0.438 e. The molecular weight excluding hydrogens is 317 g/mol. The zero-order valence-electron chi connectivity index (χ0n) is 13.5. The highest BCUT2D eigenvalue weighted by Gasteiger charge is 2.64. The van der Waals surface area contributed by atoms with Crippen LogP contribution in [0.2, 0.25) is 0 Å². The van der Waals surface area contributed by atoms with E-state index < -0.39 is 35.8 Å². The minimum absolute atomic E-state index is 0.0172. The van der Waals surface area contributed by atoms with Crippen LogP contribution in [0.4, 0.5) is 13.2 Å². The van der Waals surface area contributed by atoms with Crippen LogP contribution in [0.15, 0.2) is 5.10 Å². The van der Waals surface area contributed by atoms with Crippen molar-refractivity contribution in [3.8, 4) is 0 Å². The molecule has 0 aromatic heterocycles. The summed E-state index contributed by atoms with van der Waals surface area (Å²) < 4.78 is 44.3. The fourth-order valence-electron chi connectivity index (χ4n) is 1.98. The number of nitrogens with zero attached hydrogens (tertiary/aromatic N) is 2. The lowest BCUT2D eigenvalue weighted by Gasteiger charge is -2.32. The number of hydrazone groups is 1. The molecule has 0 spiro atoms. The topological polar surface area (TPSA) is 79.2 Å². The van der Waals surface area contributed by atoms with Crippen LogP contribution >= 0.6 is 0 Å². The number of esters is 1. The van der Waals surface area contributed by atoms with E-state index in [0.29, 0.717) is 12.8 Å². The molecule has 0 saturated carbocycles. The van der Waals surface area contributed by atoms with Crippen molar-refractivity contribution in [2.75, 3.05) is 0 Å². The summed E-state index contributed by atoms with van der Waals surface area (Å²) in [7, 11) is 0. The van der Waals surface area contributed by atoms with Crippen LogP contribution in [0.1, 0.15) is 53.4 Å². The van der Waals surface area contributed by atoms with Crippen molar-refractivity contribution in [3.05, 3.63) is 0 Å². The highest BCUT2D eigenvalue weighted by Crippen LogP contribution is 2.41. The van der Waals surface area contributed by atoms with E-state index >= 15 is 0 Å². The summed E-state index contributed by atoms with van der Waals surface area (Å²) in [6.07, 6.45) is -4.55. The summed E-state index contributed by atoms with van der Waals surface area (Å²) in [5.41, 5.74) is -4.56. The quantitative estimate of drug-likeness (QED) is 0.633. The van der Waals surface area contributed by atoms with Crippen molar-refractivity contribution in [2.45, 2.75) is 70.9 Å². The molecule has 132 valence electrons. The van der Waals surface area contributed by atoms with E-state index in [2.05, 4.69) is 5.10 Å². The molecule has 1 unspecified atom stereocenters. The van der Waals surface area contributed by atoms with Crippen LogP contribution in [-0.2, 0) is 14.3 Å². The molecule has 1 N–H and O–H groups in total. The summed E-state index contributed by atoms with van der Waals surface area (Å²) in [5.74, 6) is -3.15. The zero-order chi connectivity index (χ0) is 18.1.